The van der Waals surface area contributed by atoms with Crippen LogP contribution in [0, 0.1) is 6.92 Å². The van der Waals surface area contributed by atoms with Gasteiger partial charge in [0.2, 0.25) is 0 Å². The minimum Gasteiger partial charge on any atom is -0.493 e. The zero-order valence-electron chi connectivity index (χ0n) is 17.5. The number of carbonyl (C=O) groups is 1. The molecule has 4 nitrogen and oxygen atoms in total. The maximum absolute atomic E-state index is 13.0. The van der Waals surface area contributed by atoms with E-state index in [1.165, 1.54) is 22.2 Å². The molecule has 0 unspecified atom stereocenters. The third-order valence-corrected chi connectivity index (χ3v) is 6.40. The van der Waals surface area contributed by atoms with E-state index in [2.05, 4.69) is 19.1 Å². The number of hydrogen-bond donors (Lipinski definition) is 0. The highest BCUT2D eigenvalue weighted by molar-refractivity contribution is 8.27. The van der Waals surface area contributed by atoms with Gasteiger partial charge in [-0.2, -0.15) is 0 Å². The number of benzene rings is 3. The van der Waals surface area contributed by atoms with Crippen LogP contribution in [0.2, 0.25) is 5.02 Å². The fourth-order valence-electron chi connectivity index (χ4n) is 3.20. The van der Waals surface area contributed by atoms with Crippen molar-refractivity contribution in [2.75, 3.05) is 12.0 Å². The predicted octanol–water partition coefficient (Wildman–Crippen LogP) is 6.64. The SMILES string of the molecule is COc1cc(/C=C2\SC(=S)N(c3cccc(Cl)c3)C2=O)ccc1OCc1ccc(C)cc1. The average molecular weight is 482 g/mol. The van der Waals surface area contributed by atoms with Gasteiger partial charge in [-0.1, -0.05) is 77.5 Å². The topological polar surface area (TPSA) is 38.8 Å². The minimum absolute atomic E-state index is 0.180. The van der Waals surface area contributed by atoms with Crippen LogP contribution in [0.1, 0.15) is 16.7 Å². The predicted molar refractivity (Wildman–Crippen MR) is 136 cm³/mol. The molecule has 1 aliphatic rings. The summed E-state index contributed by atoms with van der Waals surface area (Å²) in [6, 6.07) is 20.8. The van der Waals surface area contributed by atoms with Crippen molar-refractivity contribution in [2.45, 2.75) is 13.5 Å². The molecule has 0 N–H and O–H groups in total. The quantitative estimate of drug-likeness (QED) is 0.291. The van der Waals surface area contributed by atoms with E-state index in [0.29, 0.717) is 38.0 Å². The monoisotopic (exact) mass is 481 g/mol. The van der Waals surface area contributed by atoms with Crippen molar-refractivity contribution in [3.05, 3.63) is 93.3 Å². The Hall–Kier alpha value is -2.80. The van der Waals surface area contributed by atoms with Crippen molar-refractivity contribution in [1.82, 2.24) is 0 Å². The van der Waals surface area contributed by atoms with Crippen LogP contribution >= 0.6 is 35.6 Å². The number of anilines is 1. The van der Waals surface area contributed by atoms with Gasteiger partial charge in [-0.25, -0.2) is 0 Å². The molecular formula is C25H20ClNO3S2. The van der Waals surface area contributed by atoms with Crippen LogP contribution < -0.4 is 14.4 Å². The van der Waals surface area contributed by atoms with Gasteiger partial charge in [0.1, 0.15) is 6.61 Å². The van der Waals surface area contributed by atoms with Crippen molar-refractivity contribution in [1.29, 1.82) is 0 Å². The van der Waals surface area contributed by atoms with Gasteiger partial charge >= 0.3 is 0 Å². The minimum atomic E-state index is -0.180. The molecule has 7 heteroatoms. The van der Waals surface area contributed by atoms with Crippen molar-refractivity contribution in [3.8, 4) is 11.5 Å². The lowest BCUT2D eigenvalue weighted by Crippen LogP contribution is -2.27. The van der Waals surface area contributed by atoms with Crippen LogP contribution in [0.5, 0.6) is 11.5 Å². The molecule has 1 heterocycles. The summed E-state index contributed by atoms with van der Waals surface area (Å²) >= 11 is 12.8. The number of thiocarbonyl (C=S) groups is 1. The highest BCUT2D eigenvalue weighted by Gasteiger charge is 2.33. The van der Waals surface area contributed by atoms with Gasteiger partial charge < -0.3 is 9.47 Å². The number of methoxy groups -OCH3 is 1. The van der Waals surface area contributed by atoms with Gasteiger partial charge in [-0.05, 0) is 54.5 Å². The van der Waals surface area contributed by atoms with Crippen LogP contribution in [-0.4, -0.2) is 17.3 Å². The van der Waals surface area contributed by atoms with Crippen molar-refractivity contribution < 1.29 is 14.3 Å². The summed E-state index contributed by atoms with van der Waals surface area (Å²) in [5, 5.41) is 0.548. The number of halogens is 1. The molecule has 1 saturated heterocycles. The Kier molecular flexibility index (Phi) is 6.84. The highest BCUT2D eigenvalue weighted by Crippen LogP contribution is 2.38. The van der Waals surface area contributed by atoms with Crippen molar-refractivity contribution in [3.63, 3.8) is 0 Å². The van der Waals surface area contributed by atoms with Crippen LogP contribution in [0.15, 0.2) is 71.6 Å². The number of nitrogens with zero attached hydrogens (tertiary/aromatic N) is 1. The highest BCUT2D eigenvalue weighted by atomic mass is 35.5. The second kappa shape index (κ2) is 9.77. The molecule has 162 valence electrons. The largest absolute Gasteiger partial charge is 0.493 e. The Morgan fingerprint density at radius 1 is 1.06 bits per heavy atom. The Morgan fingerprint density at radius 2 is 1.84 bits per heavy atom. The molecule has 0 aliphatic carbocycles. The molecule has 3 aromatic rings. The molecule has 32 heavy (non-hydrogen) atoms. The first-order chi connectivity index (χ1) is 15.4. The second-order valence-electron chi connectivity index (χ2n) is 7.18. The lowest BCUT2D eigenvalue weighted by Gasteiger charge is -2.14. The first kappa shape index (κ1) is 22.4. The maximum atomic E-state index is 13.0. The first-order valence-corrected chi connectivity index (χ1v) is 11.4. The maximum Gasteiger partial charge on any atom is 0.270 e. The normalized spacial score (nSPS) is 14.8. The van der Waals surface area contributed by atoms with E-state index in [0.717, 1.165) is 11.1 Å². The zero-order chi connectivity index (χ0) is 22.7. The number of thioether (sulfide) groups is 1. The van der Waals surface area contributed by atoms with Gasteiger partial charge in [0.05, 0.1) is 17.7 Å². The van der Waals surface area contributed by atoms with E-state index in [-0.39, 0.29) is 5.91 Å². The molecule has 0 atom stereocenters. The van der Waals surface area contributed by atoms with Gasteiger partial charge in [-0.15, -0.1) is 0 Å². The number of amides is 1. The van der Waals surface area contributed by atoms with E-state index in [1.807, 2.05) is 36.4 Å². The Bertz CT molecular complexity index is 1210. The zero-order valence-corrected chi connectivity index (χ0v) is 19.9. The van der Waals surface area contributed by atoms with Gasteiger partial charge in [0, 0.05) is 5.02 Å². The van der Waals surface area contributed by atoms with Crippen LogP contribution in [0.25, 0.3) is 6.08 Å². The number of rotatable bonds is 6. The third kappa shape index (κ3) is 4.99. The summed E-state index contributed by atoms with van der Waals surface area (Å²) in [5.74, 6) is 1.05. The van der Waals surface area contributed by atoms with Crippen molar-refractivity contribution >= 4 is 57.6 Å². The smallest absolute Gasteiger partial charge is 0.270 e. The Morgan fingerprint density at radius 3 is 2.56 bits per heavy atom. The third-order valence-electron chi connectivity index (χ3n) is 4.86. The van der Waals surface area contributed by atoms with Crippen LogP contribution in [-0.2, 0) is 11.4 Å². The Labute approximate surface area is 201 Å². The molecule has 0 radical (unpaired) electrons. The van der Waals surface area contributed by atoms with E-state index < -0.39 is 0 Å². The second-order valence-corrected chi connectivity index (χ2v) is 9.29. The molecule has 0 saturated carbocycles. The number of hydrogen-bond acceptors (Lipinski definition) is 5. The molecule has 1 fully saturated rings. The number of carbonyl (C=O) groups excluding carboxylic acids is 1. The molecule has 0 spiro atoms. The molecule has 1 amide bonds. The van der Waals surface area contributed by atoms with Crippen molar-refractivity contribution in [2.24, 2.45) is 0 Å². The first-order valence-electron chi connectivity index (χ1n) is 9.84. The van der Waals surface area contributed by atoms with Gasteiger partial charge in [-0.3, -0.25) is 9.69 Å². The van der Waals surface area contributed by atoms with Gasteiger partial charge in [0.25, 0.3) is 5.91 Å². The molecule has 0 aromatic heterocycles. The van der Waals surface area contributed by atoms with Crippen LogP contribution in [0.4, 0.5) is 5.69 Å². The molecule has 3 aromatic carbocycles. The molecule has 0 bridgehead atoms. The molecular weight excluding hydrogens is 462 g/mol. The summed E-state index contributed by atoms with van der Waals surface area (Å²) in [4.78, 5) is 15.0. The molecule has 4 rings (SSSR count). The summed E-state index contributed by atoms with van der Waals surface area (Å²) in [6.07, 6.45) is 1.80. The van der Waals surface area contributed by atoms with E-state index in [1.54, 1.807) is 31.4 Å². The van der Waals surface area contributed by atoms with Crippen LogP contribution in [0.3, 0.4) is 0 Å². The van der Waals surface area contributed by atoms with E-state index in [4.69, 9.17) is 33.3 Å². The lowest BCUT2D eigenvalue weighted by molar-refractivity contribution is -0.113. The summed E-state index contributed by atoms with van der Waals surface area (Å²) in [6.45, 7) is 2.49. The number of ether oxygens (including phenoxy) is 2. The van der Waals surface area contributed by atoms with E-state index >= 15 is 0 Å². The summed E-state index contributed by atoms with van der Waals surface area (Å²) in [7, 11) is 1.59. The van der Waals surface area contributed by atoms with Gasteiger partial charge in [0.15, 0.2) is 15.8 Å². The lowest BCUT2D eigenvalue weighted by atomic mass is 10.1. The standard InChI is InChI=1S/C25H20ClNO3S2/c1-16-6-8-17(9-7-16)15-30-21-11-10-18(12-22(21)29-2)13-23-24(28)27(25(31)32-23)20-5-3-4-19(26)14-20/h3-14H,15H2,1-2H3/b23-13-. The number of aryl methyl sites for hydroxylation is 1. The fourth-order valence-corrected chi connectivity index (χ4v) is 4.68. The average Bonchev–Trinajstić information content (AvgIpc) is 3.06. The van der Waals surface area contributed by atoms with E-state index in [9.17, 15) is 4.79 Å². The fraction of sp³-hybridized carbons (Fsp3) is 0.120. The Balaban J connectivity index is 1.53. The summed E-state index contributed by atoms with van der Waals surface area (Å²) in [5.41, 5.74) is 3.75. The molecule has 1 aliphatic heterocycles. The summed E-state index contributed by atoms with van der Waals surface area (Å²) < 4.78 is 11.9.